The monoisotopic (exact) mass is 304 g/mol. The first kappa shape index (κ1) is 15.7. The van der Waals surface area contributed by atoms with Crippen molar-refractivity contribution >= 4 is 22.4 Å². The van der Waals surface area contributed by atoms with E-state index in [1.54, 1.807) is 26.8 Å². The Balaban J connectivity index is 2.47. The number of nitrogens with zero attached hydrogens (tertiary/aromatic N) is 2. The quantitative estimate of drug-likeness (QED) is 0.479. The van der Waals surface area contributed by atoms with Crippen LogP contribution in [-0.4, -0.2) is 28.1 Å². The van der Waals surface area contributed by atoms with Gasteiger partial charge in [0, 0.05) is 23.8 Å². The van der Waals surface area contributed by atoms with Crippen molar-refractivity contribution in [3.63, 3.8) is 0 Å². The van der Waals surface area contributed by atoms with Crippen LogP contribution in [0.1, 0.15) is 20.8 Å². The normalized spacial score (nSPS) is 11.2. The molecule has 1 heterocycles. The summed E-state index contributed by atoms with van der Waals surface area (Å²) in [5.74, 6) is -0.142. The van der Waals surface area contributed by atoms with Crippen molar-refractivity contribution in [3.05, 3.63) is 40.7 Å². The molecule has 0 N–H and O–H groups in total. The Bertz CT molecular complexity index is 727. The zero-order valence-electron chi connectivity index (χ0n) is 12.5. The van der Waals surface area contributed by atoms with Gasteiger partial charge in [0.05, 0.1) is 16.9 Å². The molecule has 2 aromatic rings. The molecule has 1 aromatic carbocycles. The Morgan fingerprint density at radius 2 is 2.05 bits per heavy atom. The number of carbonyl (C=O) groups excluding carboxylic acids is 1. The zero-order valence-corrected chi connectivity index (χ0v) is 12.5. The summed E-state index contributed by atoms with van der Waals surface area (Å²) in [4.78, 5) is 26.4. The SMILES string of the molecule is CCOC(=O)C(C)(C)Oc1ccc([N+](=O)[O-])c2cnccc12. The minimum Gasteiger partial charge on any atom is -0.476 e. The first-order valence-corrected chi connectivity index (χ1v) is 6.74. The van der Waals surface area contributed by atoms with Gasteiger partial charge in [-0.25, -0.2) is 4.79 Å². The van der Waals surface area contributed by atoms with Crippen LogP contribution in [-0.2, 0) is 9.53 Å². The summed E-state index contributed by atoms with van der Waals surface area (Å²) in [5, 5.41) is 11.9. The lowest BCUT2D eigenvalue weighted by atomic mass is 10.1. The van der Waals surface area contributed by atoms with Crippen molar-refractivity contribution in [2.75, 3.05) is 6.61 Å². The average molecular weight is 304 g/mol. The van der Waals surface area contributed by atoms with Gasteiger partial charge in [0.1, 0.15) is 5.75 Å². The number of aromatic nitrogens is 1. The highest BCUT2D eigenvalue weighted by Gasteiger charge is 2.32. The van der Waals surface area contributed by atoms with Crippen molar-refractivity contribution in [1.29, 1.82) is 0 Å². The van der Waals surface area contributed by atoms with E-state index in [2.05, 4.69) is 4.98 Å². The highest BCUT2D eigenvalue weighted by atomic mass is 16.6. The number of rotatable bonds is 5. The van der Waals surface area contributed by atoms with Gasteiger partial charge in [-0.15, -0.1) is 0 Å². The number of nitro groups is 1. The fraction of sp³-hybridized carbons (Fsp3) is 0.333. The molecule has 0 spiro atoms. The third kappa shape index (κ3) is 2.98. The molecule has 0 atom stereocenters. The fourth-order valence-corrected chi connectivity index (χ4v) is 2.02. The van der Waals surface area contributed by atoms with E-state index in [0.717, 1.165) is 0 Å². The number of nitro benzene ring substituents is 1. The Labute approximate surface area is 127 Å². The van der Waals surface area contributed by atoms with Gasteiger partial charge in [-0.1, -0.05) is 0 Å². The lowest BCUT2D eigenvalue weighted by molar-refractivity contribution is -0.383. The second-order valence-corrected chi connectivity index (χ2v) is 5.09. The largest absolute Gasteiger partial charge is 0.476 e. The van der Waals surface area contributed by atoms with Crippen LogP contribution >= 0.6 is 0 Å². The average Bonchev–Trinajstić information content (AvgIpc) is 2.47. The molecule has 7 heteroatoms. The number of carbonyl (C=O) groups is 1. The predicted octanol–water partition coefficient (Wildman–Crippen LogP) is 2.86. The molecular formula is C15H16N2O5. The van der Waals surface area contributed by atoms with E-state index in [9.17, 15) is 14.9 Å². The van der Waals surface area contributed by atoms with E-state index >= 15 is 0 Å². The summed E-state index contributed by atoms with van der Waals surface area (Å²) in [7, 11) is 0. The van der Waals surface area contributed by atoms with E-state index in [1.807, 2.05) is 0 Å². The Hall–Kier alpha value is -2.70. The highest BCUT2D eigenvalue weighted by molar-refractivity contribution is 5.95. The first-order valence-electron chi connectivity index (χ1n) is 6.74. The van der Waals surface area contributed by atoms with Gasteiger partial charge in [-0.3, -0.25) is 15.1 Å². The number of ether oxygens (including phenoxy) is 2. The maximum atomic E-state index is 11.9. The van der Waals surface area contributed by atoms with E-state index in [4.69, 9.17) is 9.47 Å². The summed E-state index contributed by atoms with van der Waals surface area (Å²) in [6, 6.07) is 4.42. The molecule has 0 aliphatic heterocycles. The van der Waals surface area contributed by atoms with E-state index in [1.165, 1.54) is 24.5 Å². The second kappa shape index (κ2) is 5.97. The molecule has 0 unspecified atom stereocenters. The molecule has 1 aromatic heterocycles. The van der Waals surface area contributed by atoms with Gasteiger partial charge in [-0.2, -0.15) is 0 Å². The van der Waals surface area contributed by atoms with Gasteiger partial charge >= 0.3 is 5.97 Å². The maximum absolute atomic E-state index is 11.9. The molecule has 0 aliphatic carbocycles. The van der Waals surface area contributed by atoms with Crippen LogP contribution in [0.3, 0.4) is 0 Å². The van der Waals surface area contributed by atoms with Gasteiger partial charge in [0.25, 0.3) is 5.69 Å². The number of non-ortho nitro benzene ring substituents is 1. The van der Waals surface area contributed by atoms with Crippen LogP contribution in [0.15, 0.2) is 30.6 Å². The topological polar surface area (TPSA) is 91.6 Å². The third-order valence-corrected chi connectivity index (χ3v) is 3.08. The summed E-state index contributed by atoms with van der Waals surface area (Å²) >= 11 is 0. The maximum Gasteiger partial charge on any atom is 0.349 e. The number of hydrogen-bond donors (Lipinski definition) is 0. The van der Waals surface area contributed by atoms with Crippen molar-refractivity contribution in [2.24, 2.45) is 0 Å². The van der Waals surface area contributed by atoms with Crippen LogP contribution in [0.4, 0.5) is 5.69 Å². The molecule has 0 aliphatic rings. The lowest BCUT2D eigenvalue weighted by Gasteiger charge is -2.24. The first-order chi connectivity index (χ1) is 10.4. The Morgan fingerprint density at radius 1 is 1.32 bits per heavy atom. The summed E-state index contributed by atoms with van der Waals surface area (Å²) in [6.45, 7) is 5.12. The Morgan fingerprint density at radius 3 is 2.68 bits per heavy atom. The smallest absolute Gasteiger partial charge is 0.349 e. The van der Waals surface area contributed by atoms with Gasteiger partial charge < -0.3 is 9.47 Å². The van der Waals surface area contributed by atoms with Crippen molar-refractivity contribution in [2.45, 2.75) is 26.4 Å². The molecule has 116 valence electrons. The van der Waals surface area contributed by atoms with E-state index in [-0.39, 0.29) is 12.3 Å². The minimum absolute atomic E-state index is 0.0654. The number of esters is 1. The van der Waals surface area contributed by atoms with Gasteiger partial charge in [0.2, 0.25) is 0 Å². The summed E-state index contributed by atoms with van der Waals surface area (Å²) < 4.78 is 10.7. The summed E-state index contributed by atoms with van der Waals surface area (Å²) in [6.07, 6.45) is 2.91. The lowest BCUT2D eigenvalue weighted by Crippen LogP contribution is -2.39. The van der Waals surface area contributed by atoms with Gasteiger partial charge in [0.15, 0.2) is 5.60 Å². The number of hydrogen-bond acceptors (Lipinski definition) is 6. The molecule has 7 nitrogen and oxygen atoms in total. The van der Waals surface area contributed by atoms with Crippen LogP contribution in [0.25, 0.3) is 10.8 Å². The molecular weight excluding hydrogens is 288 g/mol. The number of pyridine rings is 1. The van der Waals surface area contributed by atoms with Crippen molar-refractivity contribution in [3.8, 4) is 5.75 Å². The van der Waals surface area contributed by atoms with Crippen LogP contribution in [0, 0.1) is 10.1 Å². The van der Waals surface area contributed by atoms with Crippen LogP contribution in [0.2, 0.25) is 0 Å². The van der Waals surface area contributed by atoms with Crippen molar-refractivity contribution < 1.29 is 19.2 Å². The number of benzene rings is 1. The van der Waals surface area contributed by atoms with E-state index < -0.39 is 16.5 Å². The van der Waals surface area contributed by atoms with Crippen LogP contribution in [0.5, 0.6) is 5.75 Å². The minimum atomic E-state index is -1.21. The molecule has 0 fully saturated rings. The standard InChI is InChI=1S/C15H16N2O5/c1-4-21-14(18)15(2,3)22-13-6-5-12(17(19)20)11-9-16-8-7-10(11)13/h5-9H,4H2,1-3H3. The third-order valence-electron chi connectivity index (χ3n) is 3.08. The molecule has 0 saturated carbocycles. The van der Waals surface area contributed by atoms with Gasteiger partial charge in [-0.05, 0) is 32.9 Å². The molecule has 2 rings (SSSR count). The van der Waals surface area contributed by atoms with E-state index in [0.29, 0.717) is 16.5 Å². The van der Waals surface area contributed by atoms with Crippen LogP contribution < -0.4 is 4.74 Å². The highest BCUT2D eigenvalue weighted by Crippen LogP contribution is 2.34. The molecule has 0 bridgehead atoms. The molecule has 0 radical (unpaired) electrons. The zero-order chi connectivity index (χ0) is 16.3. The number of fused-ring (bicyclic) bond motifs is 1. The fourth-order valence-electron chi connectivity index (χ4n) is 2.02. The molecule has 0 saturated heterocycles. The second-order valence-electron chi connectivity index (χ2n) is 5.09. The summed E-state index contributed by atoms with van der Waals surface area (Å²) in [5.41, 5.74) is -1.27. The molecule has 22 heavy (non-hydrogen) atoms. The Kier molecular flexibility index (Phi) is 4.25. The predicted molar refractivity (Wildman–Crippen MR) is 79.7 cm³/mol. The molecule has 0 amide bonds. The van der Waals surface area contributed by atoms with Crippen molar-refractivity contribution in [1.82, 2.24) is 4.98 Å².